The maximum absolute atomic E-state index is 12.1. The largest absolute Gasteiger partial charge is 0.331 e. The van der Waals surface area contributed by atoms with Crippen molar-refractivity contribution in [2.24, 2.45) is 0 Å². The van der Waals surface area contributed by atoms with Gasteiger partial charge in [0, 0.05) is 16.4 Å². The molecule has 0 bridgehead atoms. The number of carbonyl (C=O) groups is 1. The fourth-order valence-corrected chi connectivity index (χ4v) is 3.30. The minimum atomic E-state index is -0.0606. The smallest absolute Gasteiger partial charge is 0.234 e. The highest BCUT2D eigenvalue weighted by molar-refractivity contribution is 9.10. The second-order valence-corrected chi connectivity index (χ2v) is 7.16. The van der Waals surface area contributed by atoms with E-state index in [0.717, 1.165) is 26.8 Å². The molecule has 0 saturated heterocycles. The number of aryl methyl sites for hydroxylation is 2. The van der Waals surface area contributed by atoms with Gasteiger partial charge in [0.15, 0.2) is 10.8 Å². The van der Waals surface area contributed by atoms with Gasteiger partial charge in [-0.1, -0.05) is 17.8 Å². The van der Waals surface area contributed by atoms with E-state index in [9.17, 15) is 4.79 Å². The van der Waals surface area contributed by atoms with Crippen molar-refractivity contribution in [3.8, 4) is 0 Å². The van der Waals surface area contributed by atoms with Crippen LogP contribution in [0.5, 0.6) is 0 Å². The Morgan fingerprint density at radius 2 is 2.00 bits per heavy atom. The molecule has 7 heteroatoms. The van der Waals surface area contributed by atoms with Crippen molar-refractivity contribution in [1.82, 2.24) is 15.0 Å². The van der Waals surface area contributed by atoms with Gasteiger partial charge < -0.3 is 10.3 Å². The molecular weight excluding hydrogens is 376 g/mol. The molecule has 1 amide bonds. The molecule has 2 heterocycles. The molecule has 23 heavy (non-hydrogen) atoms. The van der Waals surface area contributed by atoms with E-state index in [4.69, 9.17) is 0 Å². The Morgan fingerprint density at radius 1 is 1.26 bits per heavy atom. The normalized spacial score (nSPS) is 10.9. The first-order valence-electron chi connectivity index (χ1n) is 7.02. The highest BCUT2D eigenvalue weighted by atomic mass is 79.9. The summed E-state index contributed by atoms with van der Waals surface area (Å²) in [6.45, 7) is 4.02. The maximum Gasteiger partial charge on any atom is 0.234 e. The van der Waals surface area contributed by atoms with Crippen molar-refractivity contribution in [2.45, 2.75) is 19.0 Å². The topological polar surface area (TPSA) is 70.7 Å². The molecule has 0 saturated carbocycles. The molecule has 5 nitrogen and oxygen atoms in total. The summed E-state index contributed by atoms with van der Waals surface area (Å²) in [5, 5.41) is 3.59. The Bertz CT molecular complexity index is 857. The second kappa shape index (κ2) is 6.72. The lowest BCUT2D eigenvalue weighted by Gasteiger charge is -2.06. The average Bonchev–Trinajstić information content (AvgIpc) is 2.86. The van der Waals surface area contributed by atoms with Gasteiger partial charge in [-0.25, -0.2) is 9.97 Å². The number of rotatable bonds is 4. The molecule has 0 unspecified atom stereocenters. The first kappa shape index (κ1) is 16.0. The minimum Gasteiger partial charge on any atom is -0.331 e. The number of H-pyrrole nitrogens is 1. The van der Waals surface area contributed by atoms with E-state index in [1.807, 2.05) is 32.0 Å². The summed E-state index contributed by atoms with van der Waals surface area (Å²) < 4.78 is 0.887. The molecule has 3 aromatic rings. The van der Waals surface area contributed by atoms with E-state index in [1.165, 1.54) is 11.8 Å². The third-order valence-electron chi connectivity index (χ3n) is 3.13. The van der Waals surface area contributed by atoms with Crippen molar-refractivity contribution in [2.75, 3.05) is 11.1 Å². The van der Waals surface area contributed by atoms with Gasteiger partial charge in [0.1, 0.15) is 0 Å². The molecule has 0 aliphatic heterocycles. The number of benzene rings is 1. The molecule has 0 spiro atoms. The van der Waals surface area contributed by atoms with Gasteiger partial charge in [0.05, 0.1) is 11.3 Å². The molecule has 0 radical (unpaired) electrons. The summed E-state index contributed by atoms with van der Waals surface area (Å²) >= 11 is 4.73. The molecule has 1 aromatic carbocycles. The first-order chi connectivity index (χ1) is 11.0. The maximum atomic E-state index is 12.1. The predicted molar refractivity (Wildman–Crippen MR) is 96.9 cm³/mol. The number of halogens is 1. The van der Waals surface area contributed by atoms with Crippen molar-refractivity contribution in [3.05, 3.63) is 46.1 Å². The number of carbonyl (C=O) groups excluding carboxylic acids is 1. The highest BCUT2D eigenvalue weighted by Gasteiger charge is 2.09. The fourth-order valence-electron chi connectivity index (χ4n) is 2.30. The van der Waals surface area contributed by atoms with Gasteiger partial charge in [-0.2, -0.15) is 0 Å². The lowest BCUT2D eigenvalue weighted by molar-refractivity contribution is -0.113. The van der Waals surface area contributed by atoms with Crippen LogP contribution in [0.4, 0.5) is 5.69 Å². The number of amides is 1. The zero-order chi connectivity index (χ0) is 16.4. The predicted octanol–water partition coefficient (Wildman–Crippen LogP) is 4.07. The Hall–Kier alpha value is -1.86. The van der Waals surface area contributed by atoms with Crippen LogP contribution in [-0.2, 0) is 4.79 Å². The Kier molecular flexibility index (Phi) is 4.68. The first-order valence-corrected chi connectivity index (χ1v) is 8.80. The van der Waals surface area contributed by atoms with Crippen LogP contribution in [0.3, 0.4) is 0 Å². The van der Waals surface area contributed by atoms with E-state index < -0.39 is 0 Å². The van der Waals surface area contributed by atoms with Crippen LogP contribution >= 0.6 is 27.7 Å². The number of pyridine rings is 1. The Morgan fingerprint density at radius 3 is 2.74 bits per heavy atom. The Labute approximate surface area is 146 Å². The van der Waals surface area contributed by atoms with Crippen LogP contribution in [0.15, 0.2) is 40.1 Å². The van der Waals surface area contributed by atoms with Gasteiger partial charge in [-0.05, 0) is 59.1 Å². The van der Waals surface area contributed by atoms with Gasteiger partial charge in [0.25, 0.3) is 0 Å². The number of aromatic nitrogens is 3. The summed E-state index contributed by atoms with van der Waals surface area (Å²) in [5.41, 5.74) is 4.56. The number of aromatic amines is 1. The quantitative estimate of drug-likeness (QED) is 0.658. The summed E-state index contributed by atoms with van der Waals surface area (Å²) in [6, 6.07) is 7.90. The molecule has 3 rings (SSSR count). The van der Waals surface area contributed by atoms with E-state index >= 15 is 0 Å². The summed E-state index contributed by atoms with van der Waals surface area (Å²) in [7, 11) is 0. The zero-order valence-electron chi connectivity index (χ0n) is 12.7. The standard InChI is InChI=1S/C16H15BrN4OS/c1-9-3-10(2)5-12(4-9)19-14(22)8-23-16-20-13-6-11(17)7-18-15(13)21-16/h3-7H,8H2,1-2H3,(H,19,22)(H,18,20,21). The third kappa shape index (κ3) is 4.11. The number of nitrogens with one attached hydrogen (secondary N) is 2. The molecule has 0 aliphatic rings. The summed E-state index contributed by atoms with van der Waals surface area (Å²) in [6.07, 6.45) is 1.70. The van der Waals surface area contributed by atoms with E-state index in [0.29, 0.717) is 10.8 Å². The highest BCUT2D eigenvalue weighted by Crippen LogP contribution is 2.21. The van der Waals surface area contributed by atoms with Gasteiger partial charge >= 0.3 is 0 Å². The molecular formula is C16H15BrN4OS. The van der Waals surface area contributed by atoms with Crippen molar-refractivity contribution in [3.63, 3.8) is 0 Å². The zero-order valence-corrected chi connectivity index (χ0v) is 15.1. The van der Waals surface area contributed by atoms with E-state index in [2.05, 4.69) is 42.3 Å². The lowest BCUT2D eigenvalue weighted by atomic mass is 10.1. The number of thioether (sulfide) groups is 1. The number of anilines is 1. The number of nitrogens with zero attached hydrogens (tertiary/aromatic N) is 2. The third-order valence-corrected chi connectivity index (χ3v) is 4.43. The van der Waals surface area contributed by atoms with Crippen LogP contribution in [0.2, 0.25) is 0 Å². The summed E-state index contributed by atoms with van der Waals surface area (Å²) in [5.74, 6) is 0.225. The number of hydrogen-bond donors (Lipinski definition) is 2. The van der Waals surface area contributed by atoms with Gasteiger partial charge in [-0.3, -0.25) is 4.79 Å². The van der Waals surface area contributed by atoms with Gasteiger partial charge in [0.2, 0.25) is 5.91 Å². The van der Waals surface area contributed by atoms with Crippen molar-refractivity contribution >= 4 is 50.5 Å². The average molecular weight is 391 g/mol. The van der Waals surface area contributed by atoms with Crippen LogP contribution in [0.25, 0.3) is 11.2 Å². The van der Waals surface area contributed by atoms with Gasteiger partial charge in [-0.15, -0.1) is 0 Å². The molecule has 0 fully saturated rings. The van der Waals surface area contributed by atoms with Crippen LogP contribution in [0, 0.1) is 13.8 Å². The number of hydrogen-bond acceptors (Lipinski definition) is 4. The van der Waals surface area contributed by atoms with E-state index in [1.54, 1.807) is 6.20 Å². The second-order valence-electron chi connectivity index (χ2n) is 5.28. The molecule has 2 aromatic heterocycles. The number of fused-ring (bicyclic) bond motifs is 1. The van der Waals surface area contributed by atoms with E-state index in [-0.39, 0.29) is 11.7 Å². The SMILES string of the molecule is Cc1cc(C)cc(NC(=O)CSc2nc3ncc(Br)cc3[nH]2)c1. The number of imidazole rings is 1. The molecule has 118 valence electrons. The fraction of sp³-hybridized carbons (Fsp3) is 0.188. The van der Waals surface area contributed by atoms with Crippen LogP contribution in [-0.4, -0.2) is 26.6 Å². The Balaban J connectivity index is 1.63. The molecule has 2 N–H and O–H groups in total. The van der Waals surface area contributed by atoms with Crippen LogP contribution < -0.4 is 5.32 Å². The van der Waals surface area contributed by atoms with Crippen molar-refractivity contribution in [1.29, 1.82) is 0 Å². The summed E-state index contributed by atoms with van der Waals surface area (Å²) in [4.78, 5) is 23.8. The lowest BCUT2D eigenvalue weighted by Crippen LogP contribution is -2.14. The molecule has 0 aliphatic carbocycles. The minimum absolute atomic E-state index is 0.0606. The van der Waals surface area contributed by atoms with Crippen LogP contribution in [0.1, 0.15) is 11.1 Å². The molecule has 0 atom stereocenters. The van der Waals surface area contributed by atoms with Crippen molar-refractivity contribution < 1.29 is 4.79 Å². The monoisotopic (exact) mass is 390 g/mol.